The van der Waals surface area contributed by atoms with Gasteiger partial charge in [-0.1, -0.05) is 23.7 Å². The summed E-state index contributed by atoms with van der Waals surface area (Å²) in [6.45, 7) is 0. The Hall–Kier alpha value is -3.31. The van der Waals surface area contributed by atoms with Gasteiger partial charge in [-0.3, -0.25) is 0 Å². The Kier molecular flexibility index (Phi) is 4.07. The molecular weight excluding hydrogens is 352 g/mol. The Morgan fingerprint density at radius 2 is 1.81 bits per heavy atom. The third-order valence-electron chi connectivity index (χ3n) is 3.92. The van der Waals surface area contributed by atoms with Crippen molar-refractivity contribution >= 4 is 28.6 Å². The van der Waals surface area contributed by atoms with Gasteiger partial charge in [-0.2, -0.15) is 0 Å². The molecule has 1 aromatic heterocycles. The van der Waals surface area contributed by atoms with Crippen molar-refractivity contribution < 1.29 is 14.6 Å². The Bertz CT molecular complexity index is 1100. The topological polar surface area (TPSA) is 75.2 Å². The largest absolute Gasteiger partial charge is 0.478 e. The second kappa shape index (κ2) is 6.54. The lowest BCUT2D eigenvalue weighted by atomic mass is 10.2. The number of ether oxygens (including phenoxy) is 1. The molecule has 0 aliphatic rings. The Labute approximate surface area is 153 Å². The SMILES string of the molecule is O=C(O)c1ccc2nc(-c3ccc(Oc4ccccc4Cl)cc3)[nH]c2c1. The van der Waals surface area contributed by atoms with E-state index in [2.05, 4.69) is 9.97 Å². The number of rotatable bonds is 4. The summed E-state index contributed by atoms with van der Waals surface area (Å²) in [4.78, 5) is 18.7. The number of carboxylic acids is 1. The predicted octanol–water partition coefficient (Wildman–Crippen LogP) is 5.37. The van der Waals surface area contributed by atoms with Gasteiger partial charge in [-0.25, -0.2) is 9.78 Å². The molecule has 0 radical (unpaired) electrons. The third kappa shape index (κ3) is 3.12. The summed E-state index contributed by atoms with van der Waals surface area (Å²) >= 11 is 6.10. The fourth-order valence-corrected chi connectivity index (χ4v) is 2.79. The normalized spacial score (nSPS) is 10.8. The maximum absolute atomic E-state index is 11.1. The highest BCUT2D eigenvalue weighted by Crippen LogP contribution is 2.30. The summed E-state index contributed by atoms with van der Waals surface area (Å²) < 4.78 is 5.77. The van der Waals surface area contributed by atoms with E-state index < -0.39 is 5.97 Å². The molecule has 0 bridgehead atoms. The number of hydrogen-bond acceptors (Lipinski definition) is 3. The molecule has 1 heterocycles. The number of benzene rings is 3. The van der Waals surface area contributed by atoms with E-state index in [1.54, 1.807) is 24.3 Å². The average molecular weight is 365 g/mol. The first-order valence-corrected chi connectivity index (χ1v) is 8.24. The van der Waals surface area contributed by atoms with Crippen molar-refractivity contribution in [3.8, 4) is 22.9 Å². The van der Waals surface area contributed by atoms with Gasteiger partial charge in [0.05, 0.1) is 21.6 Å². The summed E-state index contributed by atoms with van der Waals surface area (Å²) in [5.41, 5.74) is 2.47. The number of H-pyrrole nitrogens is 1. The zero-order chi connectivity index (χ0) is 18.1. The van der Waals surface area contributed by atoms with E-state index in [-0.39, 0.29) is 5.56 Å². The number of fused-ring (bicyclic) bond motifs is 1. The fraction of sp³-hybridized carbons (Fsp3) is 0. The number of para-hydroxylation sites is 1. The van der Waals surface area contributed by atoms with Crippen LogP contribution in [0, 0.1) is 0 Å². The second-order valence-electron chi connectivity index (χ2n) is 5.68. The molecule has 0 aliphatic carbocycles. The summed E-state index contributed by atoms with van der Waals surface area (Å²) in [7, 11) is 0. The molecule has 3 aromatic carbocycles. The van der Waals surface area contributed by atoms with E-state index in [0.717, 1.165) is 5.56 Å². The van der Waals surface area contributed by atoms with Crippen molar-refractivity contribution in [1.29, 1.82) is 0 Å². The molecule has 0 amide bonds. The first kappa shape index (κ1) is 16.2. The Balaban J connectivity index is 1.61. The van der Waals surface area contributed by atoms with Gasteiger partial charge in [0.25, 0.3) is 0 Å². The summed E-state index contributed by atoms with van der Waals surface area (Å²) in [6.07, 6.45) is 0. The van der Waals surface area contributed by atoms with Crippen molar-refractivity contribution in [3.63, 3.8) is 0 Å². The molecule has 6 heteroatoms. The molecule has 4 aromatic rings. The van der Waals surface area contributed by atoms with E-state index in [9.17, 15) is 4.79 Å². The molecule has 0 fully saturated rings. The number of aromatic amines is 1. The zero-order valence-corrected chi connectivity index (χ0v) is 14.2. The molecular formula is C20H13ClN2O3. The van der Waals surface area contributed by atoms with Gasteiger partial charge in [-0.05, 0) is 54.6 Å². The molecule has 26 heavy (non-hydrogen) atoms. The molecule has 0 spiro atoms. The van der Waals surface area contributed by atoms with Crippen LogP contribution in [0.3, 0.4) is 0 Å². The number of nitrogens with zero attached hydrogens (tertiary/aromatic N) is 1. The molecule has 0 aliphatic heterocycles. The molecule has 2 N–H and O–H groups in total. The van der Waals surface area contributed by atoms with Crippen LogP contribution in [0.25, 0.3) is 22.4 Å². The highest BCUT2D eigenvalue weighted by molar-refractivity contribution is 6.32. The molecule has 0 saturated carbocycles. The quantitative estimate of drug-likeness (QED) is 0.510. The first-order chi connectivity index (χ1) is 12.6. The average Bonchev–Trinajstić information content (AvgIpc) is 3.07. The molecule has 4 rings (SSSR count). The van der Waals surface area contributed by atoms with Gasteiger partial charge >= 0.3 is 5.97 Å². The minimum Gasteiger partial charge on any atom is -0.478 e. The monoisotopic (exact) mass is 364 g/mol. The van der Waals surface area contributed by atoms with Gasteiger partial charge < -0.3 is 14.8 Å². The second-order valence-corrected chi connectivity index (χ2v) is 6.09. The number of halogens is 1. The number of nitrogens with one attached hydrogen (secondary N) is 1. The molecule has 0 unspecified atom stereocenters. The van der Waals surface area contributed by atoms with Crippen LogP contribution in [0.15, 0.2) is 66.7 Å². The van der Waals surface area contributed by atoms with Crippen molar-refractivity contribution in [1.82, 2.24) is 9.97 Å². The molecule has 5 nitrogen and oxygen atoms in total. The first-order valence-electron chi connectivity index (χ1n) is 7.86. The van der Waals surface area contributed by atoms with Crippen molar-refractivity contribution in [2.75, 3.05) is 0 Å². The van der Waals surface area contributed by atoms with E-state index in [1.165, 1.54) is 6.07 Å². The molecule has 0 saturated heterocycles. The molecule has 0 atom stereocenters. The van der Waals surface area contributed by atoms with Gasteiger partial charge in [0, 0.05) is 5.56 Å². The van der Waals surface area contributed by atoms with Crippen LogP contribution in [-0.2, 0) is 0 Å². The third-order valence-corrected chi connectivity index (χ3v) is 4.23. The standard InChI is InChI=1S/C20H13ClN2O3/c21-15-3-1-2-4-18(15)26-14-8-5-12(6-9-14)19-22-16-10-7-13(20(24)25)11-17(16)23-19/h1-11H,(H,22,23)(H,24,25). The smallest absolute Gasteiger partial charge is 0.335 e. The lowest BCUT2D eigenvalue weighted by Crippen LogP contribution is -1.94. The number of carboxylic acid groups (broad SMARTS) is 1. The number of imidazole rings is 1. The van der Waals surface area contributed by atoms with Crippen molar-refractivity contribution in [2.45, 2.75) is 0 Å². The molecule has 128 valence electrons. The van der Waals surface area contributed by atoms with E-state index in [4.69, 9.17) is 21.4 Å². The minimum absolute atomic E-state index is 0.219. The highest BCUT2D eigenvalue weighted by Gasteiger charge is 2.09. The van der Waals surface area contributed by atoms with Gasteiger partial charge in [-0.15, -0.1) is 0 Å². The lowest BCUT2D eigenvalue weighted by Gasteiger charge is -2.07. The highest BCUT2D eigenvalue weighted by atomic mass is 35.5. The van der Waals surface area contributed by atoms with Crippen molar-refractivity contribution in [3.05, 3.63) is 77.3 Å². The van der Waals surface area contributed by atoms with Crippen LogP contribution in [-0.4, -0.2) is 21.0 Å². The van der Waals surface area contributed by atoms with Gasteiger partial charge in [0.1, 0.15) is 17.3 Å². The van der Waals surface area contributed by atoms with Crippen LogP contribution in [0.4, 0.5) is 0 Å². The van der Waals surface area contributed by atoms with Crippen LogP contribution in [0.5, 0.6) is 11.5 Å². The zero-order valence-electron chi connectivity index (χ0n) is 13.4. The number of aromatic carboxylic acids is 1. The Morgan fingerprint density at radius 3 is 2.54 bits per heavy atom. The minimum atomic E-state index is -0.968. The van der Waals surface area contributed by atoms with Crippen LogP contribution in [0.1, 0.15) is 10.4 Å². The van der Waals surface area contributed by atoms with E-state index in [1.807, 2.05) is 36.4 Å². The van der Waals surface area contributed by atoms with Gasteiger partial charge in [0.2, 0.25) is 0 Å². The summed E-state index contributed by atoms with van der Waals surface area (Å²) in [6, 6.07) is 19.5. The number of carbonyl (C=O) groups is 1. The predicted molar refractivity (Wildman–Crippen MR) is 100 cm³/mol. The fourth-order valence-electron chi connectivity index (χ4n) is 2.61. The number of aromatic nitrogens is 2. The van der Waals surface area contributed by atoms with E-state index >= 15 is 0 Å². The summed E-state index contributed by atoms with van der Waals surface area (Å²) in [5.74, 6) is 0.939. The van der Waals surface area contributed by atoms with Crippen LogP contribution in [0.2, 0.25) is 5.02 Å². The van der Waals surface area contributed by atoms with Gasteiger partial charge in [0.15, 0.2) is 0 Å². The lowest BCUT2D eigenvalue weighted by molar-refractivity contribution is 0.0697. The van der Waals surface area contributed by atoms with E-state index in [0.29, 0.717) is 33.4 Å². The van der Waals surface area contributed by atoms with Crippen LogP contribution < -0.4 is 4.74 Å². The number of hydrogen-bond donors (Lipinski definition) is 2. The Morgan fingerprint density at radius 1 is 1.04 bits per heavy atom. The maximum atomic E-state index is 11.1. The van der Waals surface area contributed by atoms with Crippen molar-refractivity contribution in [2.24, 2.45) is 0 Å². The maximum Gasteiger partial charge on any atom is 0.335 e. The van der Waals surface area contributed by atoms with Crippen LogP contribution >= 0.6 is 11.6 Å². The summed E-state index contributed by atoms with van der Waals surface area (Å²) in [5, 5.41) is 9.63.